The van der Waals surface area contributed by atoms with E-state index < -0.39 is 0 Å². The van der Waals surface area contributed by atoms with Crippen molar-refractivity contribution in [2.75, 3.05) is 0 Å². The van der Waals surface area contributed by atoms with Crippen LogP contribution in [0.15, 0.2) is 29.2 Å². The number of rotatable bonds is 1. The van der Waals surface area contributed by atoms with Gasteiger partial charge in [-0.2, -0.15) is 0 Å². The van der Waals surface area contributed by atoms with Crippen LogP contribution in [0.1, 0.15) is 13.9 Å². The zero-order chi connectivity index (χ0) is 6.69. The first-order chi connectivity index (χ1) is 4.34. The van der Waals surface area contributed by atoms with Crippen molar-refractivity contribution in [3.8, 4) is 0 Å². The normalized spacial score (nSPS) is 8.60. The molecule has 0 aliphatic rings. The standard InChI is InChI=1S/C8H10S.Na.H/c1-2-7-5-3-4-6-8(7)9;;/h3-6,9H,2H2,1H3;;/q;+1;-1. The first kappa shape index (κ1) is 10.6. The van der Waals surface area contributed by atoms with E-state index >= 15 is 0 Å². The van der Waals surface area contributed by atoms with Crippen LogP contribution in [-0.4, -0.2) is 0 Å². The van der Waals surface area contributed by atoms with Gasteiger partial charge in [0.25, 0.3) is 0 Å². The molecule has 0 spiro atoms. The monoisotopic (exact) mass is 162 g/mol. The summed E-state index contributed by atoms with van der Waals surface area (Å²) in [5.74, 6) is 0. The van der Waals surface area contributed by atoms with E-state index in [0.29, 0.717) is 0 Å². The second-order valence-electron chi connectivity index (χ2n) is 1.98. The van der Waals surface area contributed by atoms with E-state index in [1.54, 1.807) is 0 Å². The average Bonchev–Trinajstić information content (AvgIpc) is 1.89. The summed E-state index contributed by atoms with van der Waals surface area (Å²) in [4.78, 5) is 1.10. The molecule has 0 nitrogen and oxygen atoms in total. The van der Waals surface area contributed by atoms with Crippen molar-refractivity contribution < 1.29 is 31.0 Å². The summed E-state index contributed by atoms with van der Waals surface area (Å²) >= 11 is 4.28. The summed E-state index contributed by atoms with van der Waals surface area (Å²) < 4.78 is 0. The van der Waals surface area contributed by atoms with Crippen molar-refractivity contribution in [1.82, 2.24) is 0 Å². The minimum Gasteiger partial charge on any atom is -1.00 e. The minimum atomic E-state index is 0. The van der Waals surface area contributed by atoms with E-state index in [1.807, 2.05) is 18.2 Å². The molecule has 0 aromatic heterocycles. The van der Waals surface area contributed by atoms with Crippen molar-refractivity contribution in [1.29, 1.82) is 0 Å². The molecular formula is C8H11NaS. The third-order valence-electron chi connectivity index (χ3n) is 1.37. The van der Waals surface area contributed by atoms with Crippen LogP contribution in [0, 0.1) is 0 Å². The van der Waals surface area contributed by atoms with Crippen LogP contribution >= 0.6 is 12.6 Å². The zero-order valence-electron chi connectivity index (χ0n) is 7.46. The summed E-state index contributed by atoms with van der Waals surface area (Å²) in [6.45, 7) is 2.13. The molecule has 0 aliphatic heterocycles. The molecule has 2 heteroatoms. The zero-order valence-corrected chi connectivity index (χ0v) is 9.36. The van der Waals surface area contributed by atoms with Gasteiger partial charge in [-0.1, -0.05) is 25.1 Å². The molecule has 50 valence electrons. The van der Waals surface area contributed by atoms with Crippen LogP contribution in [-0.2, 0) is 6.42 Å². The van der Waals surface area contributed by atoms with Crippen LogP contribution in [0.3, 0.4) is 0 Å². The molecule has 0 saturated carbocycles. The van der Waals surface area contributed by atoms with Gasteiger partial charge in [0, 0.05) is 4.90 Å². The predicted molar refractivity (Wildman–Crippen MR) is 44.2 cm³/mol. The van der Waals surface area contributed by atoms with E-state index in [0.717, 1.165) is 11.3 Å². The summed E-state index contributed by atoms with van der Waals surface area (Å²) in [6.07, 6.45) is 1.07. The van der Waals surface area contributed by atoms with Crippen molar-refractivity contribution >= 4 is 12.6 Å². The van der Waals surface area contributed by atoms with E-state index in [1.165, 1.54) is 5.56 Å². The molecule has 0 atom stereocenters. The Morgan fingerprint density at radius 3 is 2.40 bits per heavy atom. The molecule has 0 bridgehead atoms. The SMILES string of the molecule is CCc1ccccc1S.[H-].[Na+]. The van der Waals surface area contributed by atoms with Crippen molar-refractivity contribution in [2.24, 2.45) is 0 Å². The van der Waals surface area contributed by atoms with Crippen LogP contribution in [0.2, 0.25) is 0 Å². The Hall–Kier alpha value is 0.570. The van der Waals surface area contributed by atoms with Gasteiger partial charge in [0.05, 0.1) is 0 Å². The van der Waals surface area contributed by atoms with Crippen LogP contribution in [0.5, 0.6) is 0 Å². The van der Waals surface area contributed by atoms with Crippen molar-refractivity contribution in [3.05, 3.63) is 29.8 Å². The first-order valence-corrected chi connectivity index (χ1v) is 3.56. The number of benzene rings is 1. The predicted octanol–water partition coefficient (Wildman–Crippen LogP) is -0.346. The number of aryl methyl sites for hydroxylation is 1. The Kier molecular flexibility index (Phi) is 5.55. The van der Waals surface area contributed by atoms with Crippen molar-refractivity contribution in [3.63, 3.8) is 0 Å². The van der Waals surface area contributed by atoms with Gasteiger partial charge in [-0.05, 0) is 18.1 Å². The molecule has 1 aromatic rings. The van der Waals surface area contributed by atoms with Gasteiger partial charge in [-0.25, -0.2) is 0 Å². The molecule has 0 amide bonds. The van der Waals surface area contributed by atoms with Crippen LogP contribution in [0.4, 0.5) is 0 Å². The van der Waals surface area contributed by atoms with E-state index in [2.05, 4.69) is 25.6 Å². The van der Waals surface area contributed by atoms with Gasteiger partial charge < -0.3 is 1.43 Å². The van der Waals surface area contributed by atoms with Gasteiger partial charge in [-0.15, -0.1) is 12.6 Å². The van der Waals surface area contributed by atoms with Crippen LogP contribution < -0.4 is 29.6 Å². The fraction of sp³-hybridized carbons (Fsp3) is 0.250. The summed E-state index contributed by atoms with van der Waals surface area (Å²) in [6, 6.07) is 8.16. The molecule has 10 heavy (non-hydrogen) atoms. The first-order valence-electron chi connectivity index (χ1n) is 3.11. The fourth-order valence-electron chi connectivity index (χ4n) is 0.810. The van der Waals surface area contributed by atoms with Gasteiger partial charge >= 0.3 is 29.6 Å². The Morgan fingerprint density at radius 1 is 1.40 bits per heavy atom. The number of hydrogen-bond acceptors (Lipinski definition) is 1. The topological polar surface area (TPSA) is 0 Å². The van der Waals surface area contributed by atoms with E-state index in [9.17, 15) is 0 Å². The molecule has 0 aliphatic carbocycles. The molecule has 1 rings (SSSR count). The maximum absolute atomic E-state index is 4.28. The molecule has 0 saturated heterocycles. The maximum atomic E-state index is 4.28. The molecule has 0 N–H and O–H groups in total. The molecular weight excluding hydrogens is 151 g/mol. The summed E-state index contributed by atoms with van der Waals surface area (Å²) in [5.41, 5.74) is 1.32. The molecule has 0 heterocycles. The minimum absolute atomic E-state index is 0. The smallest absolute Gasteiger partial charge is 1.00 e. The second-order valence-corrected chi connectivity index (χ2v) is 2.46. The Morgan fingerprint density at radius 2 is 2.00 bits per heavy atom. The summed E-state index contributed by atoms with van der Waals surface area (Å²) in [5, 5.41) is 0. The molecule has 0 fully saturated rings. The Bertz CT molecular complexity index is 203. The third kappa shape index (κ3) is 2.67. The fourth-order valence-corrected chi connectivity index (χ4v) is 1.13. The van der Waals surface area contributed by atoms with E-state index in [-0.39, 0.29) is 31.0 Å². The van der Waals surface area contributed by atoms with Crippen LogP contribution in [0.25, 0.3) is 0 Å². The molecule has 0 unspecified atom stereocenters. The summed E-state index contributed by atoms with van der Waals surface area (Å²) in [7, 11) is 0. The molecule has 0 radical (unpaired) electrons. The number of thiol groups is 1. The Labute approximate surface area is 91.2 Å². The van der Waals surface area contributed by atoms with Gasteiger partial charge in [0.1, 0.15) is 0 Å². The Balaban J connectivity index is 0. The third-order valence-corrected chi connectivity index (χ3v) is 1.81. The van der Waals surface area contributed by atoms with E-state index in [4.69, 9.17) is 0 Å². The quantitative estimate of drug-likeness (QED) is 0.424. The average molecular weight is 162 g/mol. The number of hydrogen-bond donors (Lipinski definition) is 1. The second kappa shape index (κ2) is 5.25. The van der Waals surface area contributed by atoms with Gasteiger partial charge in [0.15, 0.2) is 0 Å². The maximum Gasteiger partial charge on any atom is 1.00 e. The largest absolute Gasteiger partial charge is 1.00 e. The van der Waals surface area contributed by atoms with Crippen molar-refractivity contribution in [2.45, 2.75) is 18.2 Å². The van der Waals surface area contributed by atoms with Gasteiger partial charge in [0.2, 0.25) is 0 Å². The molecule has 1 aromatic carbocycles. The van der Waals surface area contributed by atoms with Gasteiger partial charge in [-0.3, -0.25) is 0 Å².